The van der Waals surface area contributed by atoms with Gasteiger partial charge in [0, 0.05) is 28.9 Å². The highest BCUT2D eigenvalue weighted by molar-refractivity contribution is 7.98. The van der Waals surface area contributed by atoms with Crippen molar-refractivity contribution < 1.29 is 0 Å². The van der Waals surface area contributed by atoms with Crippen LogP contribution in [-0.2, 0) is 12.8 Å². The maximum Gasteiger partial charge on any atom is 0.131 e. The molecule has 2 rings (SSSR count). The number of nitrogens with zero attached hydrogens (tertiary/aromatic N) is 2. The Balaban J connectivity index is 2.14. The summed E-state index contributed by atoms with van der Waals surface area (Å²) < 4.78 is 1.71. The molecule has 3 nitrogen and oxygen atoms in total. The zero-order valence-corrected chi connectivity index (χ0v) is 12.3. The van der Waals surface area contributed by atoms with Crippen molar-refractivity contribution in [3.8, 4) is 0 Å². The average Bonchev–Trinajstić information content (AvgIpc) is 2.56. The number of aromatic nitrogens is 2. The first kappa shape index (κ1) is 13.3. The van der Waals surface area contributed by atoms with E-state index in [4.69, 9.17) is 17.3 Å². The molecule has 5 heteroatoms. The van der Waals surface area contributed by atoms with Crippen LogP contribution in [0.25, 0.3) is 0 Å². The third kappa shape index (κ3) is 2.65. The smallest absolute Gasteiger partial charge is 0.131 e. The van der Waals surface area contributed by atoms with Crippen LogP contribution in [0.5, 0.6) is 0 Å². The summed E-state index contributed by atoms with van der Waals surface area (Å²) >= 11 is 7.95. The number of hydrogen-bond donors (Lipinski definition) is 1. The molecule has 96 valence electrons. The van der Waals surface area contributed by atoms with Crippen LogP contribution in [0.1, 0.15) is 16.8 Å². The molecular formula is C13H16ClN3S. The molecule has 0 radical (unpaired) electrons. The molecule has 0 aliphatic rings. The van der Waals surface area contributed by atoms with E-state index >= 15 is 0 Å². The number of anilines is 1. The van der Waals surface area contributed by atoms with Crippen molar-refractivity contribution >= 4 is 29.1 Å². The predicted octanol–water partition coefficient (Wildman–Crippen LogP) is 3.56. The number of benzene rings is 1. The Kier molecular flexibility index (Phi) is 3.88. The second kappa shape index (κ2) is 5.24. The van der Waals surface area contributed by atoms with Gasteiger partial charge in [0.25, 0.3) is 0 Å². The minimum absolute atomic E-state index is 0.715. The molecule has 0 unspecified atom stereocenters. The molecule has 1 aromatic carbocycles. The first-order valence-electron chi connectivity index (χ1n) is 5.66. The van der Waals surface area contributed by atoms with E-state index in [-0.39, 0.29) is 0 Å². The molecule has 0 amide bonds. The lowest BCUT2D eigenvalue weighted by Crippen LogP contribution is -1.90. The molecule has 0 aliphatic heterocycles. The lowest BCUT2D eigenvalue weighted by Gasteiger charge is -2.05. The first-order chi connectivity index (χ1) is 8.49. The lowest BCUT2D eigenvalue weighted by molar-refractivity contribution is 0.757. The molecule has 0 saturated carbocycles. The zero-order valence-electron chi connectivity index (χ0n) is 10.7. The third-order valence-corrected chi connectivity index (χ3v) is 4.39. The van der Waals surface area contributed by atoms with Crippen LogP contribution in [0, 0.1) is 13.8 Å². The molecule has 0 spiro atoms. The summed E-state index contributed by atoms with van der Waals surface area (Å²) in [5.74, 6) is 0.821. The monoisotopic (exact) mass is 281 g/mol. The number of hydrogen-bond acceptors (Lipinski definition) is 3. The van der Waals surface area contributed by atoms with Gasteiger partial charge in [0.15, 0.2) is 0 Å². The van der Waals surface area contributed by atoms with Gasteiger partial charge >= 0.3 is 0 Å². The van der Waals surface area contributed by atoms with Crippen LogP contribution >= 0.6 is 23.4 Å². The van der Waals surface area contributed by atoms with Crippen LogP contribution in [-0.4, -0.2) is 9.78 Å². The minimum Gasteiger partial charge on any atom is -0.399 e. The summed E-state index contributed by atoms with van der Waals surface area (Å²) in [6, 6.07) is 6.07. The number of nitrogen functional groups attached to an aromatic ring is 1. The molecule has 2 aromatic rings. The van der Waals surface area contributed by atoms with Gasteiger partial charge in [-0.25, -0.2) is 0 Å². The number of rotatable bonds is 3. The molecular weight excluding hydrogens is 266 g/mol. The molecule has 0 atom stereocenters. The van der Waals surface area contributed by atoms with Crippen molar-refractivity contribution in [2.24, 2.45) is 7.05 Å². The number of nitrogens with two attached hydrogens (primary N) is 1. The largest absolute Gasteiger partial charge is 0.399 e. The summed E-state index contributed by atoms with van der Waals surface area (Å²) in [5.41, 5.74) is 9.82. The van der Waals surface area contributed by atoms with E-state index in [9.17, 15) is 0 Å². The summed E-state index contributed by atoms with van der Waals surface area (Å²) in [4.78, 5) is 1.20. The third-order valence-electron chi connectivity index (χ3n) is 2.89. The standard InChI is InChI=1S/C13H16ClN3S/c1-8-6-10(4-5-12(8)15)18-7-11-9(2)16-17(3)13(11)14/h4-6H,7,15H2,1-3H3. The number of aryl methyl sites for hydroxylation is 3. The normalized spacial score (nSPS) is 10.9. The van der Waals surface area contributed by atoms with Gasteiger partial charge in [-0.3, -0.25) is 4.68 Å². The van der Waals surface area contributed by atoms with Crippen LogP contribution < -0.4 is 5.73 Å². The average molecular weight is 282 g/mol. The Morgan fingerprint density at radius 1 is 1.39 bits per heavy atom. The maximum atomic E-state index is 6.20. The van der Waals surface area contributed by atoms with Crippen LogP contribution in [0.15, 0.2) is 23.1 Å². The number of halogens is 1. The Hall–Kier alpha value is -1.13. The van der Waals surface area contributed by atoms with Gasteiger partial charge in [0.2, 0.25) is 0 Å². The van der Waals surface area contributed by atoms with Gasteiger partial charge in [0.1, 0.15) is 5.15 Å². The van der Waals surface area contributed by atoms with Crippen LogP contribution in [0.4, 0.5) is 5.69 Å². The Bertz CT molecular complexity index is 578. The molecule has 18 heavy (non-hydrogen) atoms. The molecule has 0 aliphatic carbocycles. The van der Waals surface area contributed by atoms with E-state index in [0.29, 0.717) is 5.15 Å². The fourth-order valence-electron chi connectivity index (χ4n) is 1.73. The van der Waals surface area contributed by atoms with E-state index in [1.165, 1.54) is 4.90 Å². The van der Waals surface area contributed by atoms with Crippen molar-refractivity contribution in [1.82, 2.24) is 9.78 Å². The van der Waals surface area contributed by atoms with E-state index < -0.39 is 0 Å². The van der Waals surface area contributed by atoms with Gasteiger partial charge in [-0.1, -0.05) is 11.6 Å². The minimum atomic E-state index is 0.715. The topological polar surface area (TPSA) is 43.8 Å². The van der Waals surface area contributed by atoms with Gasteiger partial charge in [-0.2, -0.15) is 5.10 Å². The van der Waals surface area contributed by atoms with Crippen molar-refractivity contribution in [3.05, 3.63) is 40.2 Å². The van der Waals surface area contributed by atoms with Crippen molar-refractivity contribution in [1.29, 1.82) is 0 Å². The highest BCUT2D eigenvalue weighted by atomic mass is 35.5. The second-order valence-corrected chi connectivity index (χ2v) is 5.69. The van der Waals surface area contributed by atoms with Gasteiger partial charge in [0.05, 0.1) is 5.69 Å². The van der Waals surface area contributed by atoms with Gasteiger partial charge in [-0.05, 0) is 37.6 Å². The highest BCUT2D eigenvalue weighted by Crippen LogP contribution is 2.29. The van der Waals surface area contributed by atoms with Crippen LogP contribution in [0.3, 0.4) is 0 Å². The summed E-state index contributed by atoms with van der Waals surface area (Å²) in [5, 5.41) is 5.02. The Labute approximate surface area is 116 Å². The molecule has 0 saturated heterocycles. The van der Waals surface area contributed by atoms with E-state index in [1.54, 1.807) is 16.4 Å². The van der Waals surface area contributed by atoms with E-state index in [2.05, 4.69) is 11.2 Å². The zero-order chi connectivity index (χ0) is 13.3. The lowest BCUT2D eigenvalue weighted by atomic mass is 10.2. The predicted molar refractivity (Wildman–Crippen MR) is 78.1 cm³/mol. The second-order valence-electron chi connectivity index (χ2n) is 4.29. The fraction of sp³-hybridized carbons (Fsp3) is 0.308. The highest BCUT2D eigenvalue weighted by Gasteiger charge is 2.11. The Morgan fingerprint density at radius 2 is 2.11 bits per heavy atom. The van der Waals surface area contributed by atoms with Crippen molar-refractivity contribution in [2.45, 2.75) is 24.5 Å². The van der Waals surface area contributed by atoms with Crippen molar-refractivity contribution in [2.75, 3.05) is 5.73 Å². The van der Waals surface area contributed by atoms with Crippen LogP contribution in [0.2, 0.25) is 5.15 Å². The Morgan fingerprint density at radius 3 is 2.67 bits per heavy atom. The van der Waals surface area contributed by atoms with E-state index in [0.717, 1.165) is 28.3 Å². The molecule has 1 aromatic heterocycles. The molecule has 0 bridgehead atoms. The maximum absolute atomic E-state index is 6.20. The van der Waals surface area contributed by atoms with Gasteiger partial charge in [-0.15, -0.1) is 11.8 Å². The number of thioether (sulfide) groups is 1. The molecule has 2 N–H and O–H groups in total. The fourth-order valence-corrected chi connectivity index (χ4v) is 3.13. The summed E-state index contributed by atoms with van der Waals surface area (Å²) in [7, 11) is 1.86. The quantitative estimate of drug-likeness (QED) is 0.691. The summed E-state index contributed by atoms with van der Waals surface area (Å²) in [6.07, 6.45) is 0. The molecule has 0 fully saturated rings. The van der Waals surface area contributed by atoms with Gasteiger partial charge < -0.3 is 5.73 Å². The first-order valence-corrected chi connectivity index (χ1v) is 7.02. The summed E-state index contributed by atoms with van der Waals surface area (Å²) in [6.45, 7) is 4.00. The molecule has 1 heterocycles. The van der Waals surface area contributed by atoms with Crippen molar-refractivity contribution in [3.63, 3.8) is 0 Å². The SMILES string of the molecule is Cc1cc(SCc2c(C)nn(C)c2Cl)ccc1N. The van der Waals surface area contributed by atoms with E-state index in [1.807, 2.05) is 33.0 Å².